The molecular formula is C21H27FN2O4. The molecule has 0 aliphatic carbocycles. The van der Waals surface area contributed by atoms with Crippen molar-refractivity contribution in [1.82, 2.24) is 9.78 Å². The second-order valence-electron chi connectivity index (χ2n) is 7.61. The number of carbonyl (C=O) groups excluding carboxylic acids is 1. The van der Waals surface area contributed by atoms with Gasteiger partial charge in [-0.3, -0.25) is 9.48 Å². The van der Waals surface area contributed by atoms with E-state index in [4.69, 9.17) is 9.84 Å². The molecule has 2 aromatic rings. The maximum absolute atomic E-state index is 14.3. The molecule has 152 valence electrons. The largest absolute Gasteiger partial charge is 0.478 e. The van der Waals surface area contributed by atoms with Crippen LogP contribution in [0.1, 0.15) is 67.5 Å². The van der Waals surface area contributed by atoms with Crippen LogP contribution >= 0.6 is 0 Å². The number of aromatic carboxylic acids is 1. The molecule has 0 unspecified atom stereocenters. The van der Waals surface area contributed by atoms with Gasteiger partial charge in [-0.05, 0) is 45.7 Å². The first-order valence-corrected chi connectivity index (χ1v) is 9.36. The summed E-state index contributed by atoms with van der Waals surface area (Å²) in [6, 6.07) is 3.84. The Balaban J connectivity index is 2.35. The van der Waals surface area contributed by atoms with E-state index in [0.717, 1.165) is 23.0 Å². The van der Waals surface area contributed by atoms with Gasteiger partial charge in [-0.1, -0.05) is 19.9 Å². The van der Waals surface area contributed by atoms with Gasteiger partial charge in [0.2, 0.25) is 0 Å². The number of hydrogen-bond acceptors (Lipinski definition) is 4. The van der Waals surface area contributed by atoms with Crippen LogP contribution in [-0.4, -0.2) is 32.4 Å². The summed E-state index contributed by atoms with van der Waals surface area (Å²) >= 11 is 0. The van der Waals surface area contributed by atoms with Gasteiger partial charge in [-0.25, -0.2) is 9.18 Å². The van der Waals surface area contributed by atoms with Gasteiger partial charge < -0.3 is 9.84 Å². The normalized spacial score (nSPS) is 11.5. The van der Waals surface area contributed by atoms with E-state index in [9.17, 15) is 14.0 Å². The molecule has 0 spiro atoms. The van der Waals surface area contributed by atoms with Crippen molar-refractivity contribution in [3.8, 4) is 0 Å². The Labute approximate surface area is 164 Å². The Hall–Kier alpha value is -2.70. The lowest BCUT2D eigenvalue weighted by molar-refractivity contribution is -0.153. The van der Waals surface area contributed by atoms with Crippen molar-refractivity contribution in [2.24, 2.45) is 0 Å². The average Bonchev–Trinajstić information content (AvgIpc) is 2.90. The van der Waals surface area contributed by atoms with Crippen molar-refractivity contribution >= 4 is 11.9 Å². The predicted octanol–water partition coefficient (Wildman–Crippen LogP) is 3.78. The van der Waals surface area contributed by atoms with E-state index in [2.05, 4.69) is 5.10 Å². The maximum atomic E-state index is 14.3. The molecule has 1 aromatic heterocycles. The van der Waals surface area contributed by atoms with Crippen LogP contribution in [0.5, 0.6) is 0 Å². The van der Waals surface area contributed by atoms with Crippen molar-refractivity contribution in [3.63, 3.8) is 0 Å². The molecule has 7 heteroatoms. The van der Waals surface area contributed by atoms with Gasteiger partial charge in [0.05, 0.1) is 24.2 Å². The van der Waals surface area contributed by atoms with Crippen molar-refractivity contribution < 1.29 is 23.8 Å². The Morgan fingerprint density at radius 1 is 1.21 bits per heavy atom. The highest BCUT2D eigenvalue weighted by molar-refractivity contribution is 5.87. The highest BCUT2D eigenvalue weighted by Crippen LogP contribution is 2.21. The Kier molecular flexibility index (Phi) is 6.59. The molecule has 0 aliphatic heterocycles. The molecule has 6 nitrogen and oxygen atoms in total. The third-order valence-electron chi connectivity index (χ3n) is 4.28. The number of ether oxygens (including phenoxy) is 1. The number of carboxylic acid groups (broad SMARTS) is 1. The number of hydrogen-bond donors (Lipinski definition) is 1. The number of benzene rings is 1. The average molecular weight is 390 g/mol. The van der Waals surface area contributed by atoms with Gasteiger partial charge in [0.1, 0.15) is 11.4 Å². The maximum Gasteiger partial charge on any atom is 0.335 e. The molecule has 1 N–H and O–H groups in total. The summed E-state index contributed by atoms with van der Waals surface area (Å²) in [7, 11) is 0. The van der Waals surface area contributed by atoms with Gasteiger partial charge in [-0.15, -0.1) is 0 Å². The number of rotatable bonds is 7. The van der Waals surface area contributed by atoms with E-state index in [0.29, 0.717) is 18.4 Å². The lowest BCUT2D eigenvalue weighted by Gasteiger charge is -2.19. The number of carboxylic acids is 1. The molecule has 0 bridgehead atoms. The lowest BCUT2D eigenvalue weighted by atomic mass is 10.1. The van der Waals surface area contributed by atoms with E-state index in [1.165, 1.54) is 12.1 Å². The SMILES string of the molecule is CCc1nn(Cc2ccc(C(=O)O)cc2F)c(CC)c1CC(=O)OC(C)(C)C. The molecule has 2 rings (SSSR count). The number of aromatic nitrogens is 2. The van der Waals surface area contributed by atoms with Gasteiger partial charge >= 0.3 is 11.9 Å². The third-order valence-corrected chi connectivity index (χ3v) is 4.28. The summed E-state index contributed by atoms with van der Waals surface area (Å²) in [6.45, 7) is 9.52. The fraction of sp³-hybridized carbons (Fsp3) is 0.476. The lowest BCUT2D eigenvalue weighted by Crippen LogP contribution is -2.25. The molecule has 0 fully saturated rings. The van der Waals surface area contributed by atoms with E-state index >= 15 is 0 Å². The van der Waals surface area contributed by atoms with Crippen LogP contribution in [-0.2, 0) is 35.3 Å². The standard InChI is InChI=1S/C21H27FN2O4/c1-6-17-15(11-19(25)28-21(3,4)5)18(7-2)24(23-17)12-14-9-8-13(20(26)27)10-16(14)22/h8-10H,6-7,11-12H2,1-5H3,(H,26,27). The summed E-state index contributed by atoms with van der Waals surface area (Å²) < 4.78 is 21.5. The van der Waals surface area contributed by atoms with Crippen LogP contribution in [0.15, 0.2) is 18.2 Å². The molecule has 0 radical (unpaired) electrons. The van der Waals surface area contributed by atoms with Gasteiger partial charge in [0.15, 0.2) is 0 Å². The third kappa shape index (κ3) is 5.18. The second kappa shape index (κ2) is 8.54. The predicted molar refractivity (Wildman–Crippen MR) is 103 cm³/mol. The van der Waals surface area contributed by atoms with Gasteiger partial charge in [0, 0.05) is 16.8 Å². The zero-order valence-electron chi connectivity index (χ0n) is 17.0. The summed E-state index contributed by atoms with van der Waals surface area (Å²) in [4.78, 5) is 23.3. The molecule has 0 aliphatic rings. The van der Waals surface area contributed by atoms with Gasteiger partial charge in [-0.2, -0.15) is 5.10 Å². The smallest absolute Gasteiger partial charge is 0.335 e. The molecule has 1 aromatic carbocycles. The summed E-state index contributed by atoms with van der Waals surface area (Å²) in [5.74, 6) is -2.09. The number of esters is 1. The molecule has 28 heavy (non-hydrogen) atoms. The van der Waals surface area contributed by atoms with Crippen LogP contribution in [0.4, 0.5) is 4.39 Å². The number of carbonyl (C=O) groups is 2. The van der Waals surface area contributed by atoms with E-state index in [1.54, 1.807) is 4.68 Å². The van der Waals surface area contributed by atoms with E-state index in [-0.39, 0.29) is 24.5 Å². The first-order valence-electron chi connectivity index (χ1n) is 9.36. The topological polar surface area (TPSA) is 81.4 Å². The minimum atomic E-state index is -1.17. The Morgan fingerprint density at radius 2 is 1.89 bits per heavy atom. The zero-order chi connectivity index (χ0) is 21.1. The van der Waals surface area contributed by atoms with E-state index in [1.807, 2.05) is 34.6 Å². The molecular weight excluding hydrogens is 363 g/mol. The quantitative estimate of drug-likeness (QED) is 0.728. The highest BCUT2D eigenvalue weighted by Gasteiger charge is 2.23. The first kappa shape index (κ1) is 21.6. The molecule has 0 saturated carbocycles. The van der Waals surface area contributed by atoms with Crippen LogP contribution in [0.25, 0.3) is 0 Å². The van der Waals surface area contributed by atoms with Crippen LogP contribution < -0.4 is 0 Å². The fourth-order valence-electron chi connectivity index (χ4n) is 3.10. The number of halogens is 1. The van der Waals surface area contributed by atoms with Crippen molar-refractivity contribution in [2.75, 3.05) is 0 Å². The van der Waals surface area contributed by atoms with Crippen molar-refractivity contribution in [2.45, 2.75) is 66.0 Å². The molecule has 1 heterocycles. The van der Waals surface area contributed by atoms with Crippen LogP contribution in [0.2, 0.25) is 0 Å². The molecule has 0 atom stereocenters. The monoisotopic (exact) mass is 390 g/mol. The van der Waals surface area contributed by atoms with Gasteiger partial charge in [0.25, 0.3) is 0 Å². The summed E-state index contributed by atoms with van der Waals surface area (Å²) in [6.07, 6.45) is 1.38. The summed E-state index contributed by atoms with van der Waals surface area (Å²) in [5.41, 5.74) is 2.13. The van der Waals surface area contributed by atoms with E-state index < -0.39 is 17.4 Å². The minimum absolute atomic E-state index is 0.0997. The Bertz CT molecular complexity index is 881. The van der Waals surface area contributed by atoms with Crippen molar-refractivity contribution in [1.29, 1.82) is 0 Å². The summed E-state index contributed by atoms with van der Waals surface area (Å²) in [5, 5.41) is 13.5. The van der Waals surface area contributed by atoms with Crippen LogP contribution in [0, 0.1) is 5.82 Å². The van der Waals surface area contributed by atoms with Crippen LogP contribution in [0.3, 0.4) is 0 Å². The number of nitrogens with zero attached hydrogens (tertiary/aromatic N) is 2. The number of aryl methyl sites for hydroxylation is 1. The minimum Gasteiger partial charge on any atom is -0.478 e. The first-order chi connectivity index (χ1) is 13.1. The zero-order valence-corrected chi connectivity index (χ0v) is 17.0. The van der Waals surface area contributed by atoms with Crippen molar-refractivity contribution in [3.05, 3.63) is 52.1 Å². The molecule has 0 amide bonds. The fourth-order valence-corrected chi connectivity index (χ4v) is 3.10. The molecule has 0 saturated heterocycles. The highest BCUT2D eigenvalue weighted by atomic mass is 19.1. The second-order valence-corrected chi connectivity index (χ2v) is 7.61. The Morgan fingerprint density at radius 3 is 2.39 bits per heavy atom.